The number of nitrogens with zero attached hydrogens (tertiary/aromatic N) is 1. The predicted molar refractivity (Wildman–Crippen MR) is 61.2 cm³/mol. The van der Waals surface area contributed by atoms with Crippen LogP contribution in [0.4, 0.5) is 0 Å². The van der Waals surface area contributed by atoms with E-state index >= 15 is 0 Å². The fraction of sp³-hybridized carbons (Fsp3) is 0.583. The van der Waals surface area contributed by atoms with Gasteiger partial charge in [-0.2, -0.15) is 0 Å². The molecule has 15 heavy (non-hydrogen) atoms. The zero-order valence-corrected chi connectivity index (χ0v) is 9.36. The molecule has 1 atom stereocenters. The molecule has 3 heteroatoms. The van der Waals surface area contributed by atoms with Gasteiger partial charge in [0, 0.05) is 37.3 Å². The average molecular weight is 206 g/mol. The second-order valence-corrected chi connectivity index (χ2v) is 4.50. The van der Waals surface area contributed by atoms with E-state index in [9.17, 15) is 4.79 Å². The van der Waals surface area contributed by atoms with Crippen molar-refractivity contribution in [3.05, 3.63) is 34.2 Å². The topological polar surface area (TPSA) is 34.0 Å². The molecule has 0 spiro atoms. The van der Waals surface area contributed by atoms with Crippen LogP contribution in [0.5, 0.6) is 0 Å². The first-order chi connectivity index (χ1) is 7.20. The summed E-state index contributed by atoms with van der Waals surface area (Å²) in [6.45, 7) is 7.07. The Bertz CT molecular complexity index is 395. The minimum atomic E-state index is 0.127. The smallest absolute Gasteiger partial charge is 0.250 e. The highest BCUT2D eigenvalue weighted by Crippen LogP contribution is 2.23. The molecule has 0 fully saturated rings. The standard InChI is InChI=1S/C12H18N2O/c1-9(2)10-8-13-6-7-14-11(10)4-3-5-12(14)15/h3-5,9-10,13H,6-8H2,1-2H3. The lowest BCUT2D eigenvalue weighted by atomic mass is 9.92. The van der Waals surface area contributed by atoms with Crippen LogP contribution in [0.15, 0.2) is 23.0 Å². The summed E-state index contributed by atoms with van der Waals surface area (Å²) in [5.41, 5.74) is 1.31. The first-order valence-electron chi connectivity index (χ1n) is 5.60. The zero-order chi connectivity index (χ0) is 10.8. The van der Waals surface area contributed by atoms with E-state index in [-0.39, 0.29) is 5.56 Å². The second kappa shape index (κ2) is 4.19. The van der Waals surface area contributed by atoms with Gasteiger partial charge < -0.3 is 9.88 Å². The minimum Gasteiger partial charge on any atom is -0.314 e. The van der Waals surface area contributed by atoms with Crippen LogP contribution in [0.2, 0.25) is 0 Å². The Kier molecular flexibility index (Phi) is 2.91. The van der Waals surface area contributed by atoms with Gasteiger partial charge in [0.15, 0.2) is 0 Å². The van der Waals surface area contributed by atoms with Crippen LogP contribution in [0, 0.1) is 5.92 Å². The lowest BCUT2D eigenvalue weighted by Crippen LogP contribution is -2.25. The molecule has 2 heterocycles. The Labute approximate surface area is 90.1 Å². The van der Waals surface area contributed by atoms with Crippen LogP contribution in [0.1, 0.15) is 25.5 Å². The summed E-state index contributed by atoms with van der Waals surface area (Å²) in [4.78, 5) is 11.7. The maximum atomic E-state index is 11.7. The van der Waals surface area contributed by atoms with E-state index in [2.05, 4.69) is 25.2 Å². The van der Waals surface area contributed by atoms with E-state index in [0.29, 0.717) is 11.8 Å². The third-order valence-electron chi connectivity index (χ3n) is 3.14. The van der Waals surface area contributed by atoms with Crippen LogP contribution < -0.4 is 10.9 Å². The molecule has 1 aliphatic heterocycles. The summed E-state index contributed by atoms with van der Waals surface area (Å²) in [6.07, 6.45) is 0. The van der Waals surface area contributed by atoms with E-state index in [1.165, 1.54) is 5.69 Å². The van der Waals surface area contributed by atoms with E-state index in [1.54, 1.807) is 6.07 Å². The maximum Gasteiger partial charge on any atom is 0.250 e. The molecule has 0 radical (unpaired) electrons. The fourth-order valence-electron chi connectivity index (χ4n) is 2.23. The molecule has 82 valence electrons. The molecule has 1 N–H and O–H groups in total. The number of rotatable bonds is 1. The van der Waals surface area contributed by atoms with Crippen molar-refractivity contribution < 1.29 is 0 Å². The minimum absolute atomic E-state index is 0.127. The molecular weight excluding hydrogens is 188 g/mol. The molecular formula is C12H18N2O. The van der Waals surface area contributed by atoms with Crippen LogP contribution in [0.3, 0.4) is 0 Å². The number of pyridine rings is 1. The third kappa shape index (κ3) is 1.97. The summed E-state index contributed by atoms with van der Waals surface area (Å²) in [5.74, 6) is 1.00. The third-order valence-corrected chi connectivity index (χ3v) is 3.14. The first-order valence-corrected chi connectivity index (χ1v) is 5.60. The highest BCUT2D eigenvalue weighted by Gasteiger charge is 2.21. The summed E-state index contributed by atoms with van der Waals surface area (Å²) < 4.78 is 1.91. The average Bonchev–Trinajstić information content (AvgIpc) is 2.40. The SMILES string of the molecule is CC(C)C1CNCCn2c1cccc2=O. The Morgan fingerprint density at radius 3 is 3.00 bits per heavy atom. The molecule has 0 saturated carbocycles. The van der Waals surface area contributed by atoms with Gasteiger partial charge in [0.2, 0.25) is 0 Å². The van der Waals surface area contributed by atoms with Crippen molar-refractivity contribution in [1.29, 1.82) is 0 Å². The summed E-state index contributed by atoms with van der Waals surface area (Å²) >= 11 is 0. The lowest BCUT2D eigenvalue weighted by molar-refractivity contribution is 0.468. The van der Waals surface area contributed by atoms with Crippen molar-refractivity contribution in [2.75, 3.05) is 13.1 Å². The van der Waals surface area contributed by atoms with Crippen LogP contribution >= 0.6 is 0 Å². The van der Waals surface area contributed by atoms with Crippen molar-refractivity contribution in [3.8, 4) is 0 Å². The van der Waals surface area contributed by atoms with Gasteiger partial charge in [-0.05, 0) is 12.0 Å². The molecule has 2 rings (SSSR count). The van der Waals surface area contributed by atoms with Crippen LogP contribution in [-0.2, 0) is 6.54 Å². The molecule has 0 aliphatic carbocycles. The quantitative estimate of drug-likeness (QED) is 0.749. The molecule has 0 aromatic carbocycles. The molecule has 3 nitrogen and oxygen atoms in total. The molecule has 0 saturated heterocycles. The van der Waals surface area contributed by atoms with Gasteiger partial charge in [0.05, 0.1) is 0 Å². The highest BCUT2D eigenvalue weighted by molar-refractivity contribution is 5.14. The van der Waals surface area contributed by atoms with E-state index in [1.807, 2.05) is 10.6 Å². The summed E-state index contributed by atoms with van der Waals surface area (Å²) in [7, 11) is 0. The lowest BCUT2D eigenvalue weighted by Gasteiger charge is -2.21. The number of nitrogens with one attached hydrogen (secondary N) is 1. The molecule has 0 amide bonds. The normalized spacial score (nSPS) is 21.1. The molecule has 1 aliphatic rings. The van der Waals surface area contributed by atoms with E-state index in [0.717, 1.165) is 19.6 Å². The fourth-order valence-corrected chi connectivity index (χ4v) is 2.23. The van der Waals surface area contributed by atoms with Gasteiger partial charge in [-0.1, -0.05) is 19.9 Å². The largest absolute Gasteiger partial charge is 0.314 e. The van der Waals surface area contributed by atoms with E-state index in [4.69, 9.17) is 0 Å². The Hall–Kier alpha value is -1.09. The van der Waals surface area contributed by atoms with Gasteiger partial charge in [0.25, 0.3) is 5.56 Å². The van der Waals surface area contributed by atoms with E-state index < -0.39 is 0 Å². The van der Waals surface area contributed by atoms with Gasteiger partial charge >= 0.3 is 0 Å². The molecule has 0 bridgehead atoms. The summed E-state index contributed by atoms with van der Waals surface area (Å²) in [6, 6.07) is 5.60. The van der Waals surface area contributed by atoms with Gasteiger partial charge in [0.1, 0.15) is 0 Å². The first kappa shape index (κ1) is 10.4. The Morgan fingerprint density at radius 2 is 2.27 bits per heavy atom. The van der Waals surface area contributed by atoms with Crippen LogP contribution in [-0.4, -0.2) is 17.7 Å². The summed E-state index contributed by atoms with van der Waals surface area (Å²) in [5, 5.41) is 3.39. The Morgan fingerprint density at radius 1 is 1.47 bits per heavy atom. The van der Waals surface area contributed by atoms with Gasteiger partial charge in [-0.25, -0.2) is 0 Å². The van der Waals surface area contributed by atoms with Crippen molar-refractivity contribution in [1.82, 2.24) is 9.88 Å². The highest BCUT2D eigenvalue weighted by atomic mass is 16.1. The second-order valence-electron chi connectivity index (χ2n) is 4.50. The molecule has 1 aromatic rings. The van der Waals surface area contributed by atoms with Crippen molar-refractivity contribution in [3.63, 3.8) is 0 Å². The van der Waals surface area contributed by atoms with Gasteiger partial charge in [-0.15, -0.1) is 0 Å². The Balaban J connectivity index is 2.50. The number of hydrogen-bond donors (Lipinski definition) is 1. The molecule has 1 unspecified atom stereocenters. The zero-order valence-electron chi connectivity index (χ0n) is 9.36. The van der Waals surface area contributed by atoms with Gasteiger partial charge in [-0.3, -0.25) is 4.79 Å². The predicted octanol–water partition coefficient (Wildman–Crippen LogP) is 1.19. The maximum absolute atomic E-state index is 11.7. The van der Waals surface area contributed by atoms with Crippen molar-refractivity contribution >= 4 is 0 Å². The van der Waals surface area contributed by atoms with Crippen LogP contribution in [0.25, 0.3) is 0 Å². The number of aromatic nitrogens is 1. The molecule has 1 aromatic heterocycles. The van der Waals surface area contributed by atoms with Crippen molar-refractivity contribution in [2.45, 2.75) is 26.3 Å². The number of fused-ring (bicyclic) bond motifs is 1. The number of hydrogen-bond acceptors (Lipinski definition) is 2. The monoisotopic (exact) mass is 206 g/mol. The van der Waals surface area contributed by atoms with Crippen molar-refractivity contribution in [2.24, 2.45) is 5.92 Å².